The molecule has 16 heavy (non-hydrogen) atoms. The van der Waals surface area contributed by atoms with E-state index in [2.05, 4.69) is 10.4 Å². The predicted octanol–water partition coefficient (Wildman–Crippen LogP) is 0.808. The second-order valence-electron chi connectivity index (χ2n) is 4.30. The Kier molecular flexibility index (Phi) is 2.38. The topological polar surface area (TPSA) is 82.2 Å². The fourth-order valence-electron chi connectivity index (χ4n) is 1.86. The molecule has 0 saturated heterocycles. The molecule has 6 heteroatoms. The highest BCUT2D eigenvalue weighted by Crippen LogP contribution is 2.32. The number of fused-ring (bicyclic) bond motifs is 1. The van der Waals surface area contributed by atoms with Gasteiger partial charge >= 0.3 is 6.09 Å². The molecule has 0 aliphatic carbocycles. The Balaban J connectivity index is 2.42. The minimum absolute atomic E-state index is 0.249. The lowest BCUT2D eigenvalue weighted by atomic mass is 10.0. The molecule has 1 aromatic rings. The Morgan fingerprint density at radius 1 is 1.69 bits per heavy atom. The minimum atomic E-state index is -0.523. The van der Waals surface area contributed by atoms with Crippen molar-refractivity contribution in [3.63, 3.8) is 0 Å². The van der Waals surface area contributed by atoms with Gasteiger partial charge in [0.1, 0.15) is 5.82 Å². The number of hydrogen-bond acceptors (Lipinski definition) is 5. The monoisotopic (exact) mass is 224 g/mol. The quantitative estimate of drug-likeness (QED) is 0.737. The van der Waals surface area contributed by atoms with Gasteiger partial charge in [-0.1, -0.05) is 0 Å². The van der Waals surface area contributed by atoms with Crippen LogP contribution in [-0.2, 0) is 16.8 Å². The van der Waals surface area contributed by atoms with Crippen molar-refractivity contribution in [1.82, 2.24) is 15.1 Å². The summed E-state index contributed by atoms with van der Waals surface area (Å²) in [6.07, 6.45) is -0.523. The molecule has 0 amide bonds. The van der Waals surface area contributed by atoms with Crippen molar-refractivity contribution in [2.45, 2.75) is 32.9 Å². The van der Waals surface area contributed by atoms with E-state index in [1.54, 1.807) is 6.92 Å². The summed E-state index contributed by atoms with van der Waals surface area (Å²) in [5.41, 5.74) is 7.32. The number of nitrogens with two attached hydrogens (primary N) is 1. The third-order valence-electron chi connectivity index (χ3n) is 2.76. The Hall–Kier alpha value is -1.56. The lowest BCUT2D eigenvalue weighted by Gasteiger charge is -2.17. The summed E-state index contributed by atoms with van der Waals surface area (Å²) in [6.45, 7) is 6.69. The van der Waals surface area contributed by atoms with Crippen LogP contribution in [0.3, 0.4) is 0 Å². The van der Waals surface area contributed by atoms with Gasteiger partial charge in [-0.3, -0.25) is 0 Å². The van der Waals surface area contributed by atoms with Crippen LogP contribution < -0.4 is 11.1 Å². The van der Waals surface area contributed by atoms with Gasteiger partial charge in [-0.05, 0) is 20.8 Å². The van der Waals surface area contributed by atoms with Crippen molar-refractivity contribution in [3.05, 3.63) is 11.3 Å². The summed E-state index contributed by atoms with van der Waals surface area (Å²) in [6, 6.07) is 0. The Labute approximate surface area is 93.8 Å². The number of carbonyl (C=O) groups excluding carboxylic acids is 1. The fourth-order valence-corrected chi connectivity index (χ4v) is 1.86. The number of carbonyl (C=O) groups is 1. The van der Waals surface area contributed by atoms with E-state index in [0.717, 1.165) is 15.9 Å². The first-order chi connectivity index (χ1) is 7.47. The molecule has 0 aromatic carbocycles. The second kappa shape index (κ2) is 3.48. The van der Waals surface area contributed by atoms with E-state index in [-0.39, 0.29) is 5.54 Å². The van der Waals surface area contributed by atoms with Gasteiger partial charge in [0.05, 0.1) is 17.8 Å². The van der Waals surface area contributed by atoms with E-state index >= 15 is 0 Å². The number of nitrogens with one attached hydrogen (secondary N) is 1. The average molecular weight is 224 g/mol. The lowest BCUT2D eigenvalue weighted by Crippen LogP contribution is -2.31. The van der Waals surface area contributed by atoms with Crippen LogP contribution in [0, 0.1) is 0 Å². The SMILES string of the molecule is CCOC(=O)n1nc2c(c1N)CNC2(C)C. The molecular formula is C10H16N4O2. The van der Waals surface area contributed by atoms with Crippen LogP contribution in [0.1, 0.15) is 32.0 Å². The molecule has 0 saturated carbocycles. The number of anilines is 1. The van der Waals surface area contributed by atoms with E-state index in [9.17, 15) is 4.79 Å². The molecule has 0 atom stereocenters. The highest BCUT2D eigenvalue weighted by molar-refractivity contribution is 5.75. The summed E-state index contributed by atoms with van der Waals surface area (Å²) in [5.74, 6) is 0.367. The predicted molar refractivity (Wildman–Crippen MR) is 58.9 cm³/mol. The van der Waals surface area contributed by atoms with Crippen LogP contribution in [0.25, 0.3) is 0 Å². The molecule has 88 valence electrons. The third kappa shape index (κ3) is 1.46. The van der Waals surface area contributed by atoms with Gasteiger partial charge in [0, 0.05) is 12.1 Å². The zero-order valence-electron chi connectivity index (χ0n) is 9.70. The van der Waals surface area contributed by atoms with Crippen molar-refractivity contribution >= 4 is 11.9 Å². The third-order valence-corrected chi connectivity index (χ3v) is 2.76. The molecule has 0 radical (unpaired) electrons. The summed E-state index contributed by atoms with van der Waals surface area (Å²) in [5, 5.41) is 7.49. The normalized spacial score (nSPS) is 17.2. The van der Waals surface area contributed by atoms with Crippen molar-refractivity contribution < 1.29 is 9.53 Å². The highest BCUT2D eigenvalue weighted by atomic mass is 16.6. The van der Waals surface area contributed by atoms with Crippen LogP contribution in [0.5, 0.6) is 0 Å². The first-order valence-corrected chi connectivity index (χ1v) is 5.27. The van der Waals surface area contributed by atoms with Crippen LogP contribution in [0.15, 0.2) is 0 Å². The number of aromatic nitrogens is 2. The van der Waals surface area contributed by atoms with Gasteiger partial charge in [0.2, 0.25) is 0 Å². The largest absolute Gasteiger partial charge is 0.448 e. The molecule has 0 spiro atoms. The molecule has 3 N–H and O–H groups in total. The molecule has 1 aromatic heterocycles. The number of nitrogens with zero attached hydrogens (tertiary/aromatic N) is 2. The van der Waals surface area contributed by atoms with E-state index in [1.165, 1.54) is 0 Å². The standard InChI is InChI=1S/C10H16N4O2/c1-4-16-9(15)14-8(11)6-5-12-10(2,3)7(6)13-14/h12H,4-5,11H2,1-3H3. The number of nitrogen functional groups attached to an aromatic ring is 1. The second-order valence-corrected chi connectivity index (χ2v) is 4.30. The molecule has 1 aliphatic heterocycles. The van der Waals surface area contributed by atoms with E-state index in [0.29, 0.717) is 19.0 Å². The number of rotatable bonds is 1. The maximum atomic E-state index is 11.6. The first-order valence-electron chi connectivity index (χ1n) is 5.27. The van der Waals surface area contributed by atoms with Gasteiger partial charge in [0.25, 0.3) is 0 Å². The number of ether oxygens (including phenoxy) is 1. The van der Waals surface area contributed by atoms with Crippen molar-refractivity contribution in [2.24, 2.45) is 0 Å². The fraction of sp³-hybridized carbons (Fsp3) is 0.600. The van der Waals surface area contributed by atoms with Crippen LogP contribution in [-0.4, -0.2) is 22.5 Å². The van der Waals surface area contributed by atoms with Crippen LogP contribution >= 0.6 is 0 Å². The Morgan fingerprint density at radius 3 is 2.94 bits per heavy atom. The summed E-state index contributed by atoms with van der Waals surface area (Å²) in [4.78, 5) is 11.6. The Morgan fingerprint density at radius 2 is 2.38 bits per heavy atom. The van der Waals surface area contributed by atoms with Gasteiger partial charge in [-0.15, -0.1) is 4.68 Å². The first kappa shape index (κ1) is 10.9. The molecule has 2 heterocycles. The van der Waals surface area contributed by atoms with Crippen LogP contribution in [0.4, 0.5) is 10.6 Å². The van der Waals surface area contributed by atoms with Crippen LogP contribution in [0.2, 0.25) is 0 Å². The van der Waals surface area contributed by atoms with Gasteiger partial charge in [0.15, 0.2) is 0 Å². The summed E-state index contributed by atoms with van der Waals surface area (Å²) in [7, 11) is 0. The summed E-state index contributed by atoms with van der Waals surface area (Å²) < 4.78 is 6.01. The molecule has 0 unspecified atom stereocenters. The van der Waals surface area contributed by atoms with Crippen molar-refractivity contribution in [2.75, 3.05) is 12.3 Å². The average Bonchev–Trinajstić information content (AvgIpc) is 2.67. The van der Waals surface area contributed by atoms with Gasteiger partial charge in [-0.2, -0.15) is 5.10 Å². The molecule has 2 rings (SSSR count). The van der Waals surface area contributed by atoms with Crippen molar-refractivity contribution in [1.29, 1.82) is 0 Å². The highest BCUT2D eigenvalue weighted by Gasteiger charge is 2.36. The smallest absolute Gasteiger partial charge is 0.436 e. The zero-order valence-corrected chi connectivity index (χ0v) is 9.70. The van der Waals surface area contributed by atoms with E-state index in [4.69, 9.17) is 10.5 Å². The van der Waals surface area contributed by atoms with E-state index < -0.39 is 6.09 Å². The van der Waals surface area contributed by atoms with Gasteiger partial charge in [-0.25, -0.2) is 4.79 Å². The number of hydrogen-bond donors (Lipinski definition) is 2. The molecule has 1 aliphatic rings. The lowest BCUT2D eigenvalue weighted by molar-refractivity contribution is 0.150. The molecule has 0 fully saturated rings. The summed E-state index contributed by atoms with van der Waals surface area (Å²) >= 11 is 0. The maximum absolute atomic E-state index is 11.6. The maximum Gasteiger partial charge on any atom is 0.436 e. The van der Waals surface area contributed by atoms with Crippen molar-refractivity contribution in [3.8, 4) is 0 Å². The molecular weight excluding hydrogens is 208 g/mol. The zero-order chi connectivity index (χ0) is 11.9. The van der Waals surface area contributed by atoms with Gasteiger partial charge < -0.3 is 15.8 Å². The van der Waals surface area contributed by atoms with E-state index in [1.807, 2.05) is 13.8 Å². The molecule has 0 bridgehead atoms. The molecule has 6 nitrogen and oxygen atoms in total. The minimum Gasteiger partial charge on any atom is -0.448 e. The Bertz CT molecular complexity index is 436.